The first-order valence-corrected chi connectivity index (χ1v) is 6.18. The molecule has 0 spiro atoms. The van der Waals surface area contributed by atoms with Gasteiger partial charge < -0.3 is 5.32 Å². The standard InChI is InChI=1S/C10H7ClN4O3S/c11-6-1-3-7(4-2-6)13-9(16)14-10-12-5-8(19-10)15(17)18/h1-5H,(H2,12,13,14,16). The van der Waals surface area contributed by atoms with E-state index in [-0.39, 0.29) is 10.1 Å². The van der Waals surface area contributed by atoms with E-state index in [1.54, 1.807) is 24.3 Å². The summed E-state index contributed by atoms with van der Waals surface area (Å²) < 4.78 is 0. The zero-order chi connectivity index (χ0) is 13.8. The smallest absolute Gasteiger partial charge is 0.308 e. The number of benzene rings is 1. The van der Waals surface area contributed by atoms with Crippen LogP contribution in [0.3, 0.4) is 0 Å². The molecule has 2 amide bonds. The summed E-state index contributed by atoms with van der Waals surface area (Å²) in [7, 11) is 0. The highest BCUT2D eigenvalue weighted by Gasteiger charge is 2.13. The second kappa shape index (κ2) is 5.63. The topological polar surface area (TPSA) is 97.2 Å². The molecular weight excluding hydrogens is 292 g/mol. The van der Waals surface area contributed by atoms with Gasteiger partial charge >= 0.3 is 11.0 Å². The van der Waals surface area contributed by atoms with Gasteiger partial charge in [-0.3, -0.25) is 15.4 Å². The minimum atomic E-state index is -0.569. The van der Waals surface area contributed by atoms with E-state index in [1.165, 1.54) is 0 Å². The molecule has 1 heterocycles. The van der Waals surface area contributed by atoms with Crippen molar-refractivity contribution in [2.24, 2.45) is 0 Å². The zero-order valence-corrected chi connectivity index (χ0v) is 10.9. The number of hydrogen-bond donors (Lipinski definition) is 2. The average Bonchev–Trinajstić information content (AvgIpc) is 2.80. The van der Waals surface area contributed by atoms with Crippen molar-refractivity contribution >= 4 is 44.8 Å². The van der Waals surface area contributed by atoms with E-state index in [1.807, 2.05) is 0 Å². The third-order valence-corrected chi connectivity index (χ3v) is 3.11. The Morgan fingerprint density at radius 3 is 2.58 bits per heavy atom. The first-order valence-electron chi connectivity index (χ1n) is 4.98. The van der Waals surface area contributed by atoms with Gasteiger partial charge in [0.15, 0.2) is 5.13 Å². The monoisotopic (exact) mass is 298 g/mol. The van der Waals surface area contributed by atoms with Crippen molar-refractivity contribution in [3.8, 4) is 0 Å². The van der Waals surface area contributed by atoms with Crippen LogP contribution >= 0.6 is 22.9 Å². The number of aromatic nitrogens is 1. The lowest BCUT2D eigenvalue weighted by Crippen LogP contribution is -2.19. The molecule has 1 aromatic carbocycles. The molecule has 2 rings (SSSR count). The number of anilines is 2. The Hall–Kier alpha value is -2.19. The van der Waals surface area contributed by atoms with Gasteiger partial charge in [0.2, 0.25) is 0 Å². The molecule has 0 saturated heterocycles. The van der Waals surface area contributed by atoms with Crippen LogP contribution in [0.25, 0.3) is 0 Å². The van der Waals surface area contributed by atoms with Crippen molar-refractivity contribution in [1.82, 2.24) is 4.98 Å². The van der Waals surface area contributed by atoms with Crippen LogP contribution in [0.5, 0.6) is 0 Å². The van der Waals surface area contributed by atoms with Crippen LogP contribution in [0.15, 0.2) is 30.5 Å². The Morgan fingerprint density at radius 2 is 2.00 bits per heavy atom. The molecule has 9 heteroatoms. The molecule has 0 aliphatic heterocycles. The summed E-state index contributed by atoms with van der Waals surface area (Å²) in [5.74, 6) is 0. The molecule has 0 saturated carbocycles. The number of amides is 2. The first kappa shape index (κ1) is 13.2. The fourth-order valence-corrected chi connectivity index (χ4v) is 1.95. The number of rotatable bonds is 3. The first-order chi connectivity index (χ1) is 9.04. The van der Waals surface area contributed by atoms with Crippen LogP contribution in [0.1, 0.15) is 0 Å². The molecule has 7 nitrogen and oxygen atoms in total. The van der Waals surface area contributed by atoms with E-state index in [4.69, 9.17) is 11.6 Å². The second-order valence-corrected chi connectivity index (χ2v) is 4.79. The highest BCUT2D eigenvalue weighted by Crippen LogP contribution is 2.25. The minimum absolute atomic E-state index is 0.137. The number of urea groups is 1. The Balaban J connectivity index is 1.97. The van der Waals surface area contributed by atoms with Crippen molar-refractivity contribution in [1.29, 1.82) is 0 Å². The summed E-state index contributed by atoms with van der Waals surface area (Å²) >= 11 is 6.49. The third kappa shape index (κ3) is 3.63. The van der Waals surface area contributed by atoms with Gasteiger partial charge in [-0.05, 0) is 35.6 Å². The van der Waals surface area contributed by atoms with Crippen molar-refractivity contribution in [3.05, 3.63) is 45.6 Å². The molecule has 19 heavy (non-hydrogen) atoms. The molecule has 0 radical (unpaired) electrons. The Kier molecular flexibility index (Phi) is 3.93. The number of nitro groups is 1. The van der Waals surface area contributed by atoms with Crippen LogP contribution in [0.2, 0.25) is 5.02 Å². The fraction of sp³-hybridized carbons (Fsp3) is 0. The highest BCUT2D eigenvalue weighted by atomic mass is 35.5. The van der Waals surface area contributed by atoms with Crippen molar-refractivity contribution in [3.63, 3.8) is 0 Å². The van der Waals surface area contributed by atoms with Crippen LogP contribution < -0.4 is 10.6 Å². The molecule has 1 aromatic heterocycles. The quantitative estimate of drug-likeness (QED) is 0.670. The van der Waals surface area contributed by atoms with Crippen LogP contribution in [0, 0.1) is 10.1 Å². The number of carbonyl (C=O) groups excluding carboxylic acids is 1. The van der Waals surface area contributed by atoms with E-state index in [0.717, 1.165) is 17.5 Å². The van der Waals surface area contributed by atoms with Crippen molar-refractivity contribution in [2.45, 2.75) is 0 Å². The Labute approximate surface area is 116 Å². The second-order valence-electron chi connectivity index (χ2n) is 3.35. The van der Waals surface area contributed by atoms with Gasteiger partial charge in [-0.25, -0.2) is 9.78 Å². The lowest BCUT2D eigenvalue weighted by Gasteiger charge is -2.04. The number of hydrogen-bond acceptors (Lipinski definition) is 5. The summed E-state index contributed by atoms with van der Waals surface area (Å²) in [6.45, 7) is 0. The normalized spacial score (nSPS) is 9.95. The molecule has 2 aromatic rings. The van der Waals surface area contributed by atoms with E-state index in [0.29, 0.717) is 10.7 Å². The number of nitrogens with zero attached hydrogens (tertiary/aromatic N) is 2. The van der Waals surface area contributed by atoms with Gasteiger partial charge in [0, 0.05) is 10.7 Å². The molecule has 0 aliphatic carbocycles. The van der Waals surface area contributed by atoms with Gasteiger partial charge in [0.25, 0.3) is 0 Å². The number of halogens is 1. The van der Waals surface area contributed by atoms with Crippen LogP contribution in [-0.4, -0.2) is 15.9 Å². The van der Waals surface area contributed by atoms with Crippen molar-refractivity contribution < 1.29 is 9.72 Å². The maximum absolute atomic E-state index is 11.6. The van der Waals surface area contributed by atoms with E-state index >= 15 is 0 Å². The molecule has 2 N–H and O–H groups in total. The molecular formula is C10H7ClN4O3S. The van der Waals surface area contributed by atoms with Gasteiger partial charge in [-0.15, -0.1) is 0 Å². The maximum Gasteiger partial charge on any atom is 0.345 e. The predicted molar refractivity (Wildman–Crippen MR) is 72.9 cm³/mol. The summed E-state index contributed by atoms with van der Waals surface area (Å²) in [6, 6.07) is 5.99. The predicted octanol–water partition coefficient (Wildman–Crippen LogP) is 3.35. The Bertz CT molecular complexity index is 613. The molecule has 0 atom stereocenters. The largest absolute Gasteiger partial charge is 0.345 e. The minimum Gasteiger partial charge on any atom is -0.308 e. The van der Waals surface area contributed by atoms with Gasteiger partial charge in [-0.2, -0.15) is 0 Å². The molecule has 98 valence electrons. The van der Waals surface area contributed by atoms with Gasteiger partial charge in [-0.1, -0.05) is 11.6 Å². The van der Waals surface area contributed by atoms with E-state index < -0.39 is 11.0 Å². The molecule has 0 bridgehead atoms. The number of nitrogens with one attached hydrogen (secondary N) is 2. The molecule has 0 fully saturated rings. The van der Waals surface area contributed by atoms with Gasteiger partial charge in [0.1, 0.15) is 6.20 Å². The fourth-order valence-electron chi connectivity index (χ4n) is 1.20. The number of thiazole rings is 1. The Morgan fingerprint density at radius 1 is 1.32 bits per heavy atom. The summed E-state index contributed by atoms with van der Waals surface area (Å²) in [5.41, 5.74) is 0.549. The number of carbonyl (C=O) groups is 1. The van der Waals surface area contributed by atoms with Gasteiger partial charge in [0.05, 0.1) is 4.92 Å². The average molecular weight is 299 g/mol. The van der Waals surface area contributed by atoms with Crippen LogP contribution in [-0.2, 0) is 0 Å². The summed E-state index contributed by atoms with van der Waals surface area (Å²) in [5, 5.41) is 16.0. The summed E-state index contributed by atoms with van der Waals surface area (Å²) in [4.78, 5) is 25.2. The molecule has 0 unspecified atom stereocenters. The molecule has 0 aliphatic rings. The van der Waals surface area contributed by atoms with E-state index in [2.05, 4.69) is 15.6 Å². The lowest BCUT2D eigenvalue weighted by molar-refractivity contribution is -0.380. The van der Waals surface area contributed by atoms with Crippen LogP contribution in [0.4, 0.5) is 20.6 Å². The highest BCUT2D eigenvalue weighted by molar-refractivity contribution is 7.18. The zero-order valence-electron chi connectivity index (χ0n) is 9.29. The third-order valence-electron chi connectivity index (χ3n) is 2.00. The SMILES string of the molecule is O=C(Nc1ccc(Cl)cc1)Nc1ncc([N+](=O)[O-])s1. The van der Waals surface area contributed by atoms with Crippen molar-refractivity contribution in [2.75, 3.05) is 10.6 Å². The maximum atomic E-state index is 11.6. The lowest BCUT2D eigenvalue weighted by atomic mass is 10.3. The van der Waals surface area contributed by atoms with E-state index in [9.17, 15) is 14.9 Å². The summed E-state index contributed by atoms with van der Waals surface area (Å²) in [6.07, 6.45) is 1.09.